The minimum Gasteiger partial charge on any atom is -0.444 e. The third-order valence-corrected chi connectivity index (χ3v) is 12.4. The number of nitrogens with one attached hydrogen (secondary N) is 2. The van der Waals surface area contributed by atoms with E-state index in [1.54, 1.807) is 39.0 Å². The van der Waals surface area contributed by atoms with Crippen molar-refractivity contribution < 1.29 is 54.9 Å². The fraction of sp³-hybridized carbons (Fsp3) is 0.523. The first-order valence-corrected chi connectivity index (χ1v) is 21.2. The Morgan fingerprint density at radius 2 is 1.52 bits per heavy atom. The largest absolute Gasteiger partial charge is 0.444 e. The maximum absolute atomic E-state index is 13.8. The van der Waals surface area contributed by atoms with Crippen LogP contribution in [0.2, 0.25) is 10.0 Å². The molecule has 1 spiro atoms. The summed E-state index contributed by atoms with van der Waals surface area (Å²) in [4.78, 5) is 42.1. The summed E-state index contributed by atoms with van der Waals surface area (Å²) in [6.07, 6.45) is -8.19. The molecule has 2 atom stereocenters. The lowest BCUT2D eigenvalue weighted by molar-refractivity contribution is -0.143. The molecule has 1 aliphatic carbocycles. The molecule has 18 heteroatoms. The lowest BCUT2D eigenvalue weighted by Gasteiger charge is -2.46. The average molecular weight is 916 g/mol. The molecule has 2 fully saturated rings. The van der Waals surface area contributed by atoms with Crippen molar-refractivity contribution in [3.05, 3.63) is 104 Å². The van der Waals surface area contributed by atoms with Gasteiger partial charge in [0.2, 0.25) is 5.91 Å². The van der Waals surface area contributed by atoms with Crippen molar-refractivity contribution in [2.24, 2.45) is 0 Å². The Balaban J connectivity index is 1.12. The van der Waals surface area contributed by atoms with E-state index in [2.05, 4.69) is 27.7 Å². The number of alkyl halides is 6. The summed E-state index contributed by atoms with van der Waals surface area (Å²) in [6.45, 7) is 7.28. The lowest BCUT2D eigenvalue weighted by Crippen LogP contribution is -2.54. The van der Waals surface area contributed by atoms with Gasteiger partial charge in [0.1, 0.15) is 17.8 Å². The average Bonchev–Trinajstić information content (AvgIpc) is 3.51. The summed E-state index contributed by atoms with van der Waals surface area (Å²) >= 11 is 12.7. The highest BCUT2D eigenvalue weighted by molar-refractivity contribution is 6.42. The number of carbonyl (C=O) groups excluding carboxylic acids is 3. The van der Waals surface area contributed by atoms with Crippen molar-refractivity contribution in [1.29, 1.82) is 0 Å². The maximum atomic E-state index is 13.8. The minimum absolute atomic E-state index is 0.00695. The summed E-state index contributed by atoms with van der Waals surface area (Å²) in [5, 5.41) is 5.98. The van der Waals surface area contributed by atoms with Crippen molar-refractivity contribution in [1.82, 2.24) is 20.4 Å². The summed E-state index contributed by atoms with van der Waals surface area (Å²) in [7, 11) is 0. The van der Waals surface area contributed by atoms with E-state index in [0.717, 1.165) is 5.56 Å². The van der Waals surface area contributed by atoms with Crippen LogP contribution in [0.25, 0.3) is 0 Å². The molecule has 0 bridgehead atoms. The van der Waals surface area contributed by atoms with Gasteiger partial charge in [-0.1, -0.05) is 53.5 Å². The first-order chi connectivity index (χ1) is 29.1. The van der Waals surface area contributed by atoms with Crippen LogP contribution in [0.1, 0.15) is 84.6 Å². The van der Waals surface area contributed by atoms with E-state index in [0.29, 0.717) is 82.5 Å². The van der Waals surface area contributed by atoms with E-state index in [4.69, 9.17) is 37.4 Å². The van der Waals surface area contributed by atoms with Crippen LogP contribution in [0.4, 0.5) is 31.1 Å². The number of halogens is 8. The molecule has 3 aliphatic rings. The molecule has 0 aromatic heterocycles. The Labute approximate surface area is 366 Å². The van der Waals surface area contributed by atoms with Crippen LogP contribution < -0.4 is 10.6 Å². The summed E-state index contributed by atoms with van der Waals surface area (Å²) in [5.41, 5.74) is -3.23. The number of morpholine rings is 1. The lowest BCUT2D eigenvalue weighted by atomic mass is 9.72. The molecule has 3 aromatic carbocycles. The molecule has 2 aliphatic heterocycles. The molecule has 2 saturated heterocycles. The Hall–Kier alpha value is -4.09. The van der Waals surface area contributed by atoms with Gasteiger partial charge in [-0.15, -0.1) is 0 Å². The Kier molecular flexibility index (Phi) is 14.5. The zero-order valence-electron chi connectivity index (χ0n) is 34.6. The van der Waals surface area contributed by atoms with Gasteiger partial charge in [-0.2, -0.15) is 26.3 Å². The number of rotatable bonds is 12. The van der Waals surface area contributed by atoms with Gasteiger partial charge in [-0.25, -0.2) is 4.79 Å². The second-order valence-electron chi connectivity index (χ2n) is 17.0. The molecule has 3 amide bonds. The normalized spacial score (nSPS) is 20.5. The molecule has 62 heavy (non-hydrogen) atoms. The molecule has 0 radical (unpaired) electrons. The summed E-state index contributed by atoms with van der Waals surface area (Å²) in [5.74, 6) is -1.27. The molecular weight excluding hydrogens is 865 g/mol. The highest BCUT2D eigenvalue weighted by atomic mass is 35.5. The predicted molar refractivity (Wildman–Crippen MR) is 220 cm³/mol. The monoisotopic (exact) mass is 914 g/mol. The number of piperidine rings is 1. The number of likely N-dealkylation sites (tertiary alicyclic amines) is 1. The van der Waals surface area contributed by atoms with Crippen LogP contribution in [0.15, 0.2) is 60.7 Å². The molecule has 0 unspecified atom stereocenters. The van der Waals surface area contributed by atoms with Gasteiger partial charge in [0.25, 0.3) is 5.91 Å². The van der Waals surface area contributed by atoms with E-state index in [9.17, 15) is 40.7 Å². The molecule has 10 nitrogen and oxygen atoms in total. The SMILES string of the molecule is CC(C)(C)OC(=O)NCCCNC(=O)CO[C@H]1Cc2ccccc2C12CCN(CC[C@@]1(c3ccc(Cl)c(Cl)c3)CN(C(=O)c3cc(C(F)(F)F)cc(C(F)(F)F)c3)CCO1)CC2. The number of amides is 3. The van der Waals surface area contributed by atoms with Gasteiger partial charge in [0.15, 0.2) is 0 Å². The van der Waals surface area contributed by atoms with Crippen LogP contribution in [0.5, 0.6) is 0 Å². The van der Waals surface area contributed by atoms with Crippen molar-refractivity contribution >= 4 is 41.1 Å². The topological polar surface area (TPSA) is 109 Å². The highest BCUT2D eigenvalue weighted by Crippen LogP contribution is 2.48. The molecule has 3 aromatic rings. The predicted octanol–water partition coefficient (Wildman–Crippen LogP) is 8.80. The van der Waals surface area contributed by atoms with Crippen LogP contribution in [0.3, 0.4) is 0 Å². The Morgan fingerprint density at radius 1 is 0.855 bits per heavy atom. The first kappa shape index (κ1) is 47.4. The molecule has 2 N–H and O–H groups in total. The van der Waals surface area contributed by atoms with Crippen molar-refractivity contribution in [2.75, 3.05) is 59.0 Å². The van der Waals surface area contributed by atoms with E-state index in [1.165, 1.54) is 10.5 Å². The number of carbonyl (C=O) groups is 3. The zero-order valence-corrected chi connectivity index (χ0v) is 36.1. The van der Waals surface area contributed by atoms with Gasteiger partial charge < -0.3 is 34.6 Å². The van der Waals surface area contributed by atoms with E-state index in [-0.39, 0.29) is 59.8 Å². The van der Waals surface area contributed by atoms with Crippen LogP contribution >= 0.6 is 23.2 Å². The number of fused-ring (bicyclic) bond motifs is 2. The number of hydrogen-bond acceptors (Lipinski definition) is 7. The number of alkyl carbamates (subject to hydrolysis) is 1. The van der Waals surface area contributed by atoms with Gasteiger partial charge in [-0.3, -0.25) is 9.59 Å². The first-order valence-electron chi connectivity index (χ1n) is 20.4. The van der Waals surface area contributed by atoms with Gasteiger partial charge >= 0.3 is 18.4 Å². The van der Waals surface area contributed by atoms with Crippen molar-refractivity contribution in [3.8, 4) is 0 Å². The van der Waals surface area contributed by atoms with Gasteiger partial charge in [0.05, 0.1) is 40.4 Å². The molecule has 338 valence electrons. The minimum atomic E-state index is -5.12. The van der Waals surface area contributed by atoms with Crippen LogP contribution in [0, 0.1) is 0 Å². The quantitative estimate of drug-likeness (QED) is 0.138. The molecule has 2 heterocycles. The standard InChI is InChI=1S/C44H50Cl2F6N4O6/c1-40(2,3)62-39(59)54-15-6-14-53-37(57)26-60-36-23-28-7-4-5-8-33(28)41(36)11-16-55(17-12-41)18-13-42(30-9-10-34(45)35(46)25-30)27-56(19-20-61-42)38(58)29-21-31(43(47,48)49)24-32(22-29)44(50,51)52/h4-5,7-10,21-22,24-25,36H,6,11-20,23,26-27H2,1-3H3,(H,53,57)(H,54,59)/t36-,42-/m0/s1. The number of nitrogens with zero attached hydrogens (tertiary/aromatic N) is 2. The zero-order chi connectivity index (χ0) is 45.1. The van der Waals surface area contributed by atoms with Crippen LogP contribution in [-0.4, -0.2) is 98.4 Å². The summed E-state index contributed by atoms with van der Waals surface area (Å²) < 4.78 is 100. The van der Waals surface area contributed by atoms with Crippen molar-refractivity contribution in [2.45, 2.75) is 87.9 Å². The second kappa shape index (κ2) is 18.9. The molecule has 0 saturated carbocycles. The number of benzene rings is 3. The van der Waals surface area contributed by atoms with Crippen LogP contribution in [-0.2, 0) is 48.8 Å². The van der Waals surface area contributed by atoms with E-state index in [1.807, 2.05) is 12.1 Å². The van der Waals surface area contributed by atoms with E-state index >= 15 is 0 Å². The highest BCUT2D eigenvalue weighted by Gasteiger charge is 2.50. The number of ether oxygens (including phenoxy) is 3. The Morgan fingerprint density at radius 3 is 2.16 bits per heavy atom. The van der Waals surface area contributed by atoms with Crippen molar-refractivity contribution in [3.63, 3.8) is 0 Å². The third-order valence-electron chi connectivity index (χ3n) is 11.7. The third kappa shape index (κ3) is 11.3. The fourth-order valence-corrected chi connectivity index (χ4v) is 8.89. The molecular formula is C44H50Cl2F6N4O6. The second-order valence-corrected chi connectivity index (χ2v) is 17.8. The number of hydrogen-bond donors (Lipinski definition) is 2. The van der Waals surface area contributed by atoms with E-state index < -0.39 is 52.2 Å². The molecule has 6 rings (SSSR count). The Bertz CT molecular complexity index is 2070. The fourth-order valence-electron chi connectivity index (χ4n) is 8.59. The maximum Gasteiger partial charge on any atom is 0.416 e. The summed E-state index contributed by atoms with van der Waals surface area (Å²) in [6, 6.07) is 13.9. The smallest absolute Gasteiger partial charge is 0.416 e. The van der Waals surface area contributed by atoms with Gasteiger partial charge in [0, 0.05) is 37.2 Å². The van der Waals surface area contributed by atoms with Gasteiger partial charge in [-0.05, 0) is 113 Å².